The van der Waals surface area contributed by atoms with Crippen LogP contribution in [0.15, 0.2) is 42.5 Å². The molecule has 0 radical (unpaired) electrons. The molecule has 0 aromatic heterocycles. The standard InChI is InChI=1S/C20H21NO6/c1-12(20(2,3)19(23)24)18(22)14-7-5-13(6-8-14)15-9-10-16(21(25)26)17(11-15)27-4/h5-12H,1-4H3,(H,23,24). The fourth-order valence-corrected chi connectivity index (χ4v) is 2.60. The Bertz CT molecular complexity index is 886. The van der Waals surface area contributed by atoms with Crippen molar-refractivity contribution in [2.45, 2.75) is 20.8 Å². The lowest BCUT2D eigenvalue weighted by molar-refractivity contribution is -0.385. The molecule has 0 bridgehead atoms. The van der Waals surface area contributed by atoms with E-state index in [2.05, 4.69) is 0 Å². The molecular formula is C20H21NO6. The topological polar surface area (TPSA) is 107 Å². The van der Waals surface area contributed by atoms with Crippen LogP contribution in [0.2, 0.25) is 0 Å². The van der Waals surface area contributed by atoms with Crippen LogP contribution >= 0.6 is 0 Å². The number of aliphatic carboxylic acids is 1. The maximum Gasteiger partial charge on any atom is 0.310 e. The molecule has 0 saturated heterocycles. The number of carboxylic acids is 1. The van der Waals surface area contributed by atoms with Crippen molar-refractivity contribution in [2.75, 3.05) is 7.11 Å². The number of hydrogen-bond donors (Lipinski definition) is 1. The highest BCUT2D eigenvalue weighted by molar-refractivity contribution is 6.00. The predicted octanol–water partition coefficient (Wildman–Crippen LogP) is 4.20. The number of ether oxygens (including phenoxy) is 1. The van der Waals surface area contributed by atoms with Gasteiger partial charge in [0.05, 0.1) is 17.4 Å². The highest BCUT2D eigenvalue weighted by atomic mass is 16.6. The first-order valence-electron chi connectivity index (χ1n) is 8.30. The van der Waals surface area contributed by atoms with Crippen LogP contribution in [0.4, 0.5) is 5.69 Å². The van der Waals surface area contributed by atoms with Gasteiger partial charge in [-0.05, 0) is 37.1 Å². The van der Waals surface area contributed by atoms with Crippen LogP contribution in [-0.2, 0) is 4.79 Å². The minimum atomic E-state index is -1.18. The fourth-order valence-electron chi connectivity index (χ4n) is 2.60. The Labute approximate surface area is 156 Å². The first-order valence-corrected chi connectivity index (χ1v) is 8.30. The van der Waals surface area contributed by atoms with E-state index in [0.29, 0.717) is 11.1 Å². The summed E-state index contributed by atoms with van der Waals surface area (Å²) in [5.41, 5.74) is 0.564. The monoisotopic (exact) mass is 371 g/mol. The molecular weight excluding hydrogens is 350 g/mol. The Balaban J connectivity index is 2.31. The maximum atomic E-state index is 12.6. The number of hydrogen-bond acceptors (Lipinski definition) is 5. The van der Waals surface area contributed by atoms with Crippen molar-refractivity contribution in [1.82, 2.24) is 0 Å². The quantitative estimate of drug-likeness (QED) is 0.444. The van der Waals surface area contributed by atoms with Crippen molar-refractivity contribution >= 4 is 17.4 Å². The normalized spacial score (nSPS) is 12.3. The molecule has 0 heterocycles. The molecule has 0 fully saturated rings. The minimum absolute atomic E-state index is 0.127. The van der Waals surface area contributed by atoms with Gasteiger partial charge in [-0.15, -0.1) is 0 Å². The lowest BCUT2D eigenvalue weighted by Crippen LogP contribution is -2.36. The average Bonchev–Trinajstić information content (AvgIpc) is 2.66. The molecule has 0 saturated carbocycles. The van der Waals surface area contributed by atoms with Crippen molar-refractivity contribution in [1.29, 1.82) is 0 Å². The zero-order chi connectivity index (χ0) is 20.4. The number of methoxy groups -OCH3 is 1. The molecule has 2 aromatic rings. The van der Waals surface area contributed by atoms with Gasteiger partial charge in [-0.2, -0.15) is 0 Å². The van der Waals surface area contributed by atoms with Crippen LogP contribution in [0.5, 0.6) is 5.75 Å². The van der Waals surface area contributed by atoms with Crippen molar-refractivity contribution in [3.8, 4) is 16.9 Å². The van der Waals surface area contributed by atoms with E-state index >= 15 is 0 Å². The van der Waals surface area contributed by atoms with Gasteiger partial charge in [0.1, 0.15) is 0 Å². The molecule has 7 heteroatoms. The van der Waals surface area contributed by atoms with Crippen molar-refractivity contribution in [3.63, 3.8) is 0 Å². The molecule has 27 heavy (non-hydrogen) atoms. The van der Waals surface area contributed by atoms with Crippen molar-refractivity contribution in [2.24, 2.45) is 11.3 Å². The molecule has 0 aliphatic carbocycles. The van der Waals surface area contributed by atoms with E-state index in [-0.39, 0.29) is 17.2 Å². The molecule has 0 aliphatic rings. The summed E-state index contributed by atoms with van der Waals surface area (Å²) in [7, 11) is 1.36. The van der Waals surface area contributed by atoms with Gasteiger partial charge in [0.25, 0.3) is 0 Å². The molecule has 1 N–H and O–H groups in total. The third kappa shape index (κ3) is 3.97. The summed E-state index contributed by atoms with van der Waals surface area (Å²) >= 11 is 0. The van der Waals surface area contributed by atoms with E-state index in [0.717, 1.165) is 5.56 Å². The lowest BCUT2D eigenvalue weighted by Gasteiger charge is -2.26. The molecule has 0 spiro atoms. The number of benzene rings is 2. The van der Waals surface area contributed by atoms with Gasteiger partial charge >= 0.3 is 11.7 Å². The number of carboxylic acid groups (broad SMARTS) is 1. The molecule has 0 amide bonds. The van der Waals surface area contributed by atoms with Crippen LogP contribution < -0.4 is 4.74 Å². The smallest absolute Gasteiger partial charge is 0.310 e. The van der Waals surface area contributed by atoms with Gasteiger partial charge < -0.3 is 9.84 Å². The number of nitro groups is 1. The number of rotatable bonds is 7. The predicted molar refractivity (Wildman–Crippen MR) is 100.0 cm³/mol. The first kappa shape index (κ1) is 20.1. The van der Waals surface area contributed by atoms with Crippen LogP contribution in [0.3, 0.4) is 0 Å². The summed E-state index contributed by atoms with van der Waals surface area (Å²) in [5, 5.41) is 20.3. The second-order valence-corrected chi connectivity index (χ2v) is 6.83. The van der Waals surface area contributed by atoms with Gasteiger partial charge in [0, 0.05) is 17.5 Å². The number of ketones is 1. The van der Waals surface area contributed by atoms with E-state index < -0.39 is 22.2 Å². The van der Waals surface area contributed by atoms with E-state index in [1.54, 1.807) is 43.3 Å². The van der Waals surface area contributed by atoms with E-state index in [4.69, 9.17) is 4.74 Å². The van der Waals surface area contributed by atoms with Gasteiger partial charge in [0.2, 0.25) is 0 Å². The highest BCUT2D eigenvalue weighted by Gasteiger charge is 2.38. The number of carbonyl (C=O) groups is 2. The first-order chi connectivity index (χ1) is 12.6. The summed E-state index contributed by atoms with van der Waals surface area (Å²) < 4.78 is 5.07. The van der Waals surface area contributed by atoms with Crippen LogP contribution in [0, 0.1) is 21.4 Å². The Hall–Kier alpha value is -3.22. The van der Waals surface area contributed by atoms with Gasteiger partial charge in [-0.1, -0.05) is 31.2 Å². The van der Waals surface area contributed by atoms with Gasteiger partial charge in [-0.3, -0.25) is 19.7 Å². The number of nitrogens with zero attached hydrogens (tertiary/aromatic N) is 1. The molecule has 1 unspecified atom stereocenters. The molecule has 7 nitrogen and oxygen atoms in total. The third-order valence-electron chi connectivity index (χ3n) is 4.91. The summed E-state index contributed by atoms with van der Waals surface area (Å²) in [6.45, 7) is 4.65. The maximum absolute atomic E-state index is 12.6. The Kier molecular flexibility index (Phi) is 5.64. The van der Waals surface area contributed by atoms with Crippen LogP contribution in [0.1, 0.15) is 31.1 Å². The molecule has 2 rings (SSSR count). The second kappa shape index (κ2) is 7.57. The van der Waals surface area contributed by atoms with E-state index in [9.17, 15) is 24.8 Å². The summed E-state index contributed by atoms with van der Waals surface area (Å²) in [6.07, 6.45) is 0. The molecule has 142 valence electrons. The minimum Gasteiger partial charge on any atom is -0.490 e. The zero-order valence-corrected chi connectivity index (χ0v) is 15.6. The van der Waals surface area contributed by atoms with Crippen LogP contribution in [-0.4, -0.2) is 28.9 Å². The SMILES string of the molecule is COc1cc(-c2ccc(C(=O)C(C)C(C)(C)C(=O)O)cc2)ccc1[N+](=O)[O-]. The third-order valence-corrected chi connectivity index (χ3v) is 4.91. The van der Waals surface area contributed by atoms with Gasteiger partial charge in [0.15, 0.2) is 11.5 Å². The van der Waals surface area contributed by atoms with Crippen LogP contribution in [0.25, 0.3) is 11.1 Å². The lowest BCUT2D eigenvalue weighted by atomic mass is 9.76. The molecule has 1 atom stereocenters. The molecule has 2 aromatic carbocycles. The zero-order valence-electron chi connectivity index (χ0n) is 15.6. The highest BCUT2D eigenvalue weighted by Crippen LogP contribution is 2.33. The fraction of sp³-hybridized carbons (Fsp3) is 0.300. The summed E-state index contributed by atoms with van der Waals surface area (Å²) in [4.78, 5) is 34.4. The Morgan fingerprint density at radius 3 is 2.15 bits per heavy atom. The van der Waals surface area contributed by atoms with E-state index in [1.807, 2.05) is 0 Å². The van der Waals surface area contributed by atoms with Crippen molar-refractivity contribution in [3.05, 3.63) is 58.1 Å². The molecule has 0 aliphatic heterocycles. The number of carbonyl (C=O) groups excluding carboxylic acids is 1. The second-order valence-electron chi connectivity index (χ2n) is 6.83. The Morgan fingerprint density at radius 2 is 1.67 bits per heavy atom. The number of nitro benzene ring substituents is 1. The Morgan fingerprint density at radius 1 is 1.11 bits per heavy atom. The average molecular weight is 371 g/mol. The largest absolute Gasteiger partial charge is 0.490 e. The summed E-state index contributed by atoms with van der Waals surface area (Å²) in [5.74, 6) is -1.83. The van der Waals surface area contributed by atoms with Gasteiger partial charge in [-0.25, -0.2) is 0 Å². The van der Waals surface area contributed by atoms with Crippen molar-refractivity contribution < 1.29 is 24.4 Å². The van der Waals surface area contributed by atoms with E-state index in [1.165, 1.54) is 27.0 Å². The summed E-state index contributed by atoms with van der Waals surface area (Å²) in [6, 6.07) is 11.2. The number of Topliss-reactive ketones (excluding diaryl/α,β-unsaturated/α-hetero) is 1.